The lowest BCUT2D eigenvalue weighted by Crippen LogP contribution is -2.39. The number of carbonyl (C=O) groups is 2. The predicted molar refractivity (Wildman–Crippen MR) is 107 cm³/mol. The van der Waals surface area contributed by atoms with Crippen molar-refractivity contribution in [1.29, 1.82) is 0 Å². The Bertz CT molecular complexity index is 817. The Morgan fingerprint density at radius 2 is 2.03 bits per heavy atom. The second-order valence-corrected chi connectivity index (χ2v) is 7.88. The third-order valence-electron chi connectivity index (χ3n) is 6.16. The summed E-state index contributed by atoms with van der Waals surface area (Å²) >= 11 is 0. The van der Waals surface area contributed by atoms with E-state index in [1.54, 1.807) is 12.0 Å². The van der Waals surface area contributed by atoms with Gasteiger partial charge in [-0.05, 0) is 50.3 Å². The third-order valence-corrected chi connectivity index (χ3v) is 6.16. The molecular formula is C23H29NO5. The van der Waals surface area contributed by atoms with Crippen LogP contribution >= 0.6 is 0 Å². The Labute approximate surface area is 171 Å². The molecule has 2 heterocycles. The average molecular weight is 399 g/mol. The van der Waals surface area contributed by atoms with Gasteiger partial charge in [-0.2, -0.15) is 0 Å². The number of hydrogen-bond donors (Lipinski definition) is 0. The summed E-state index contributed by atoms with van der Waals surface area (Å²) in [6.45, 7) is 3.69. The highest BCUT2D eigenvalue weighted by Crippen LogP contribution is 2.47. The van der Waals surface area contributed by atoms with E-state index in [4.69, 9.17) is 14.2 Å². The van der Waals surface area contributed by atoms with E-state index in [9.17, 15) is 9.59 Å². The van der Waals surface area contributed by atoms with E-state index in [1.807, 2.05) is 31.2 Å². The number of methoxy groups -OCH3 is 1. The largest absolute Gasteiger partial charge is 0.497 e. The predicted octanol–water partition coefficient (Wildman–Crippen LogP) is 3.42. The van der Waals surface area contributed by atoms with E-state index >= 15 is 0 Å². The highest BCUT2D eigenvalue weighted by molar-refractivity contribution is 6.11. The number of fused-ring (bicyclic) bond motifs is 1. The molecule has 0 aromatic heterocycles. The van der Waals surface area contributed by atoms with Crippen molar-refractivity contribution in [2.75, 3.05) is 26.9 Å². The summed E-state index contributed by atoms with van der Waals surface area (Å²) in [6.07, 6.45) is 4.31. The van der Waals surface area contributed by atoms with Gasteiger partial charge in [-0.15, -0.1) is 0 Å². The number of hydrogen-bond acceptors (Lipinski definition) is 5. The molecule has 1 aromatic rings. The summed E-state index contributed by atoms with van der Waals surface area (Å²) in [4.78, 5) is 28.5. The van der Waals surface area contributed by atoms with Crippen molar-refractivity contribution >= 4 is 11.7 Å². The maximum absolute atomic E-state index is 13.5. The molecule has 3 unspecified atom stereocenters. The quantitative estimate of drug-likeness (QED) is 0.658. The molecule has 156 valence electrons. The first-order valence-electron chi connectivity index (χ1n) is 10.6. The van der Waals surface area contributed by atoms with Gasteiger partial charge in [-0.1, -0.05) is 18.6 Å². The van der Waals surface area contributed by atoms with Crippen LogP contribution in [0, 0.1) is 5.92 Å². The van der Waals surface area contributed by atoms with Crippen LogP contribution in [0.1, 0.15) is 50.6 Å². The minimum Gasteiger partial charge on any atom is -0.497 e. The van der Waals surface area contributed by atoms with Gasteiger partial charge < -0.3 is 19.1 Å². The molecule has 1 fully saturated rings. The molecule has 0 radical (unpaired) electrons. The molecule has 4 rings (SSSR count). The SMILES string of the molecule is CCOCCCN1C(=O)C2=C(C(=O)C3CCCCC3O2)C1c1cccc(OC)c1. The van der Waals surface area contributed by atoms with Crippen LogP contribution in [0.3, 0.4) is 0 Å². The minimum absolute atomic E-state index is 0.0874. The monoisotopic (exact) mass is 399 g/mol. The standard InChI is InChI=1S/C23H29NO5/c1-3-28-13-7-12-24-20(15-8-6-9-16(14-15)27-2)19-21(25)17-10-4-5-11-18(17)29-22(19)23(24)26/h6,8-9,14,17-18,20H,3-5,7,10-13H2,1-2H3. The molecule has 0 bridgehead atoms. The number of amides is 1. The lowest BCUT2D eigenvalue weighted by molar-refractivity contribution is -0.135. The van der Waals surface area contributed by atoms with Crippen LogP contribution in [0.5, 0.6) is 5.75 Å². The first-order chi connectivity index (χ1) is 14.2. The molecule has 2 aliphatic heterocycles. The summed E-state index contributed by atoms with van der Waals surface area (Å²) in [5.41, 5.74) is 1.41. The number of benzene rings is 1. The van der Waals surface area contributed by atoms with Gasteiger partial charge in [0.1, 0.15) is 11.9 Å². The van der Waals surface area contributed by atoms with Crippen molar-refractivity contribution in [2.24, 2.45) is 5.92 Å². The maximum Gasteiger partial charge on any atom is 0.290 e. The van der Waals surface area contributed by atoms with Crippen molar-refractivity contribution in [2.45, 2.75) is 51.2 Å². The zero-order chi connectivity index (χ0) is 20.4. The van der Waals surface area contributed by atoms with Gasteiger partial charge in [-0.3, -0.25) is 9.59 Å². The van der Waals surface area contributed by atoms with Crippen LogP contribution in [0.25, 0.3) is 0 Å². The summed E-state index contributed by atoms with van der Waals surface area (Å²) in [5.74, 6) is 0.748. The number of rotatable bonds is 7. The van der Waals surface area contributed by atoms with Crippen LogP contribution < -0.4 is 4.74 Å². The number of nitrogens with zero attached hydrogens (tertiary/aromatic N) is 1. The molecule has 6 heteroatoms. The van der Waals surface area contributed by atoms with Gasteiger partial charge in [0.25, 0.3) is 5.91 Å². The Morgan fingerprint density at radius 3 is 2.83 bits per heavy atom. The third kappa shape index (κ3) is 3.66. The van der Waals surface area contributed by atoms with Crippen LogP contribution in [0.15, 0.2) is 35.6 Å². The molecular weight excluding hydrogens is 370 g/mol. The van der Waals surface area contributed by atoms with Gasteiger partial charge >= 0.3 is 0 Å². The van der Waals surface area contributed by atoms with E-state index in [-0.39, 0.29) is 29.5 Å². The zero-order valence-electron chi connectivity index (χ0n) is 17.2. The molecule has 3 aliphatic rings. The van der Waals surface area contributed by atoms with E-state index in [2.05, 4.69) is 0 Å². The Balaban J connectivity index is 1.70. The minimum atomic E-state index is -0.426. The van der Waals surface area contributed by atoms with Gasteiger partial charge in [0, 0.05) is 19.8 Å². The fourth-order valence-electron chi connectivity index (χ4n) is 4.76. The van der Waals surface area contributed by atoms with Crippen molar-refractivity contribution in [3.05, 3.63) is 41.2 Å². The Kier molecular flexibility index (Phi) is 5.90. The lowest BCUT2D eigenvalue weighted by atomic mass is 9.77. The molecule has 29 heavy (non-hydrogen) atoms. The Hall–Kier alpha value is -2.34. The maximum atomic E-state index is 13.5. The van der Waals surface area contributed by atoms with Gasteiger partial charge in [0.15, 0.2) is 11.5 Å². The number of ether oxygens (including phenoxy) is 3. The molecule has 3 atom stereocenters. The molecule has 0 spiro atoms. The zero-order valence-corrected chi connectivity index (χ0v) is 17.2. The molecule has 6 nitrogen and oxygen atoms in total. The van der Waals surface area contributed by atoms with Crippen LogP contribution in [-0.2, 0) is 19.1 Å². The smallest absolute Gasteiger partial charge is 0.290 e. The number of Topliss-reactive ketones (excluding diaryl/α,β-unsaturated/α-hetero) is 1. The van der Waals surface area contributed by atoms with Crippen molar-refractivity contribution in [3.63, 3.8) is 0 Å². The van der Waals surface area contributed by atoms with Crippen molar-refractivity contribution in [1.82, 2.24) is 4.90 Å². The number of ketones is 1. The van der Waals surface area contributed by atoms with Gasteiger partial charge in [-0.25, -0.2) is 0 Å². The van der Waals surface area contributed by atoms with E-state index in [0.29, 0.717) is 37.5 Å². The van der Waals surface area contributed by atoms with Crippen LogP contribution in [0.4, 0.5) is 0 Å². The molecule has 1 amide bonds. The van der Waals surface area contributed by atoms with E-state index in [1.165, 1.54) is 0 Å². The summed E-state index contributed by atoms with van der Waals surface area (Å²) in [7, 11) is 1.62. The van der Waals surface area contributed by atoms with Crippen molar-refractivity contribution < 1.29 is 23.8 Å². The number of carbonyl (C=O) groups excluding carboxylic acids is 2. The summed E-state index contributed by atoms with van der Waals surface area (Å²) in [6, 6.07) is 7.19. The Morgan fingerprint density at radius 1 is 1.21 bits per heavy atom. The second kappa shape index (κ2) is 8.57. The second-order valence-electron chi connectivity index (χ2n) is 7.88. The highest BCUT2D eigenvalue weighted by Gasteiger charge is 2.51. The fourth-order valence-corrected chi connectivity index (χ4v) is 4.76. The molecule has 0 N–H and O–H groups in total. The van der Waals surface area contributed by atoms with E-state index < -0.39 is 6.04 Å². The molecule has 1 saturated carbocycles. The average Bonchev–Trinajstić information content (AvgIpc) is 3.03. The van der Waals surface area contributed by atoms with Crippen LogP contribution in [0.2, 0.25) is 0 Å². The highest BCUT2D eigenvalue weighted by atomic mass is 16.5. The first-order valence-corrected chi connectivity index (χ1v) is 10.6. The van der Waals surface area contributed by atoms with Gasteiger partial charge in [0.05, 0.1) is 24.6 Å². The van der Waals surface area contributed by atoms with Gasteiger partial charge in [0.2, 0.25) is 0 Å². The summed E-state index contributed by atoms with van der Waals surface area (Å²) in [5, 5.41) is 0. The topological polar surface area (TPSA) is 65.1 Å². The summed E-state index contributed by atoms with van der Waals surface area (Å²) < 4.78 is 17.0. The lowest BCUT2D eigenvalue weighted by Gasteiger charge is -2.35. The fraction of sp³-hybridized carbons (Fsp3) is 0.565. The van der Waals surface area contributed by atoms with E-state index in [0.717, 1.165) is 31.2 Å². The molecule has 1 aliphatic carbocycles. The normalized spacial score (nSPS) is 26.3. The molecule has 1 aromatic carbocycles. The van der Waals surface area contributed by atoms with Crippen LogP contribution in [-0.4, -0.2) is 49.6 Å². The first kappa shape index (κ1) is 20.0. The van der Waals surface area contributed by atoms with Crippen molar-refractivity contribution in [3.8, 4) is 5.75 Å². The molecule has 0 saturated heterocycles.